The monoisotopic (exact) mass is 545 g/mol. The highest BCUT2D eigenvalue weighted by Gasteiger charge is 2.22. The summed E-state index contributed by atoms with van der Waals surface area (Å²) in [6, 6.07) is 7.91. The molecule has 12 heteroatoms. The minimum Gasteiger partial charge on any atom is -0.335 e. The number of aromatic amines is 2. The molecule has 0 bridgehead atoms. The van der Waals surface area contributed by atoms with Gasteiger partial charge in [-0.15, -0.1) is 0 Å². The normalized spacial score (nSPS) is 12.0. The molecule has 0 aliphatic heterocycles. The van der Waals surface area contributed by atoms with Crippen molar-refractivity contribution in [2.75, 3.05) is 12.0 Å². The van der Waals surface area contributed by atoms with Crippen LogP contribution in [-0.4, -0.2) is 55.5 Å². The maximum absolute atomic E-state index is 15.9. The summed E-state index contributed by atoms with van der Waals surface area (Å²) in [6.45, 7) is 1.86. The maximum atomic E-state index is 15.9. The van der Waals surface area contributed by atoms with Gasteiger partial charge in [0.05, 0.1) is 16.7 Å². The molecule has 0 radical (unpaired) electrons. The molecule has 5 aromatic heterocycles. The first-order chi connectivity index (χ1) is 18.7. The number of nitrogens with zero attached hydrogens (tertiary/aromatic N) is 5. The molecule has 0 fully saturated rings. The van der Waals surface area contributed by atoms with Crippen LogP contribution in [0.5, 0.6) is 0 Å². The van der Waals surface area contributed by atoms with E-state index < -0.39 is 21.5 Å². The Morgan fingerprint density at radius 3 is 2.59 bits per heavy atom. The van der Waals surface area contributed by atoms with Gasteiger partial charge in [0, 0.05) is 47.7 Å². The highest BCUT2D eigenvalue weighted by molar-refractivity contribution is 7.90. The Morgan fingerprint density at radius 1 is 0.949 bits per heavy atom. The number of pyridine rings is 3. The Morgan fingerprint density at radius 2 is 1.79 bits per heavy atom. The van der Waals surface area contributed by atoms with Crippen LogP contribution in [0.3, 0.4) is 0 Å². The van der Waals surface area contributed by atoms with Crippen molar-refractivity contribution < 1.29 is 17.2 Å². The Bertz CT molecular complexity index is 2000. The van der Waals surface area contributed by atoms with Gasteiger partial charge in [-0.2, -0.15) is 5.10 Å². The smallest absolute Gasteiger partial charge is 0.184 e. The molecule has 6 rings (SSSR count). The lowest BCUT2D eigenvalue weighted by Crippen LogP contribution is -2.06. The Labute approximate surface area is 221 Å². The topological polar surface area (TPSA) is 130 Å². The molecule has 1 aromatic carbocycles. The van der Waals surface area contributed by atoms with Crippen molar-refractivity contribution in [1.29, 1.82) is 0 Å². The summed E-state index contributed by atoms with van der Waals surface area (Å²) < 4.78 is 53.6. The van der Waals surface area contributed by atoms with Gasteiger partial charge in [-0.3, -0.25) is 10.1 Å². The molecule has 9 nitrogen and oxygen atoms in total. The van der Waals surface area contributed by atoms with Crippen molar-refractivity contribution in [1.82, 2.24) is 35.1 Å². The largest absolute Gasteiger partial charge is 0.335 e. The van der Waals surface area contributed by atoms with E-state index >= 15 is 4.39 Å². The fourth-order valence-electron chi connectivity index (χ4n) is 4.58. The number of hydrogen-bond donors (Lipinski definition) is 2. The van der Waals surface area contributed by atoms with E-state index in [0.717, 1.165) is 11.8 Å². The summed E-state index contributed by atoms with van der Waals surface area (Å²) in [5.74, 6) is -0.828. The van der Waals surface area contributed by atoms with Crippen molar-refractivity contribution in [2.24, 2.45) is 0 Å². The third kappa shape index (κ3) is 4.63. The van der Waals surface area contributed by atoms with Crippen molar-refractivity contribution in [3.63, 3.8) is 0 Å². The van der Waals surface area contributed by atoms with Gasteiger partial charge in [-0.1, -0.05) is 6.07 Å². The Kier molecular flexibility index (Phi) is 5.91. The number of H-pyrrole nitrogens is 2. The highest BCUT2D eigenvalue weighted by atomic mass is 32.2. The average Bonchev–Trinajstić information content (AvgIpc) is 3.52. The summed E-state index contributed by atoms with van der Waals surface area (Å²) >= 11 is 0. The summed E-state index contributed by atoms with van der Waals surface area (Å²) in [5.41, 5.74) is 4.73. The number of imidazole rings is 1. The van der Waals surface area contributed by atoms with Crippen molar-refractivity contribution >= 4 is 32.0 Å². The summed E-state index contributed by atoms with van der Waals surface area (Å²) in [6.07, 6.45) is 7.51. The minimum atomic E-state index is -3.21. The molecule has 2 N–H and O–H groups in total. The molecule has 0 amide bonds. The lowest BCUT2D eigenvalue weighted by atomic mass is 10.0. The SMILES string of the molecule is Cc1ccncc1-c1cnc2n[nH]c(-c3nc4nccc(-c5cc(F)cc(CCS(C)(=O)=O)c5)c4[nH]3)c2c1F. The van der Waals surface area contributed by atoms with Crippen LogP contribution in [0.15, 0.2) is 55.1 Å². The van der Waals surface area contributed by atoms with Gasteiger partial charge in [0.15, 0.2) is 17.1 Å². The molecular formula is C27H21F2N7O2S. The van der Waals surface area contributed by atoms with Gasteiger partial charge in [-0.05, 0) is 54.3 Å². The summed E-state index contributed by atoms with van der Waals surface area (Å²) in [7, 11) is -3.21. The van der Waals surface area contributed by atoms with Crippen LogP contribution in [0, 0.1) is 18.6 Å². The van der Waals surface area contributed by atoms with Gasteiger partial charge in [0.2, 0.25) is 0 Å². The summed E-state index contributed by atoms with van der Waals surface area (Å²) in [4.78, 5) is 20.5. The lowest BCUT2D eigenvalue weighted by molar-refractivity contribution is 0.600. The molecule has 6 aromatic rings. The number of fused-ring (bicyclic) bond motifs is 2. The second-order valence-electron chi connectivity index (χ2n) is 9.34. The van der Waals surface area contributed by atoms with Crippen molar-refractivity contribution in [2.45, 2.75) is 13.3 Å². The third-order valence-electron chi connectivity index (χ3n) is 6.51. The van der Waals surface area contributed by atoms with Gasteiger partial charge in [-0.25, -0.2) is 32.2 Å². The average molecular weight is 546 g/mol. The van der Waals surface area contributed by atoms with E-state index in [9.17, 15) is 12.8 Å². The van der Waals surface area contributed by atoms with Gasteiger partial charge in [0.25, 0.3) is 0 Å². The molecule has 0 saturated heterocycles. The summed E-state index contributed by atoms with van der Waals surface area (Å²) in [5, 5.41) is 7.14. The predicted octanol–water partition coefficient (Wildman–Crippen LogP) is 4.80. The molecule has 196 valence electrons. The first-order valence-corrected chi connectivity index (χ1v) is 14.0. The van der Waals surface area contributed by atoms with Crippen LogP contribution in [0.1, 0.15) is 11.1 Å². The lowest BCUT2D eigenvalue weighted by Gasteiger charge is -2.07. The fourth-order valence-corrected chi connectivity index (χ4v) is 5.19. The fraction of sp³-hybridized carbons (Fsp3) is 0.148. The first-order valence-electron chi connectivity index (χ1n) is 11.9. The molecule has 0 aliphatic rings. The zero-order valence-corrected chi connectivity index (χ0v) is 21.6. The number of sulfone groups is 1. The Hall–Kier alpha value is -4.58. The van der Waals surface area contributed by atoms with Crippen molar-refractivity contribution in [3.05, 3.63) is 77.9 Å². The first kappa shape index (κ1) is 24.7. The van der Waals surface area contributed by atoms with Gasteiger partial charge >= 0.3 is 0 Å². The molecule has 0 unspecified atom stereocenters. The number of halogens is 2. The number of nitrogens with one attached hydrogen (secondary N) is 2. The van der Waals surface area contributed by atoms with Crippen LogP contribution in [-0.2, 0) is 16.3 Å². The van der Waals surface area contributed by atoms with E-state index in [2.05, 4.69) is 35.1 Å². The minimum absolute atomic E-state index is 0.0943. The Balaban J connectivity index is 1.47. The molecule has 39 heavy (non-hydrogen) atoms. The zero-order valence-electron chi connectivity index (χ0n) is 20.8. The van der Waals surface area contributed by atoms with Crippen LogP contribution >= 0.6 is 0 Å². The predicted molar refractivity (Wildman–Crippen MR) is 144 cm³/mol. The molecular weight excluding hydrogens is 524 g/mol. The third-order valence-corrected chi connectivity index (χ3v) is 7.45. The van der Waals surface area contributed by atoms with E-state index in [1.165, 1.54) is 18.3 Å². The van der Waals surface area contributed by atoms with Crippen molar-refractivity contribution in [3.8, 4) is 33.8 Å². The van der Waals surface area contributed by atoms with Crippen LogP contribution in [0.2, 0.25) is 0 Å². The second-order valence-corrected chi connectivity index (χ2v) is 11.6. The molecule has 0 spiro atoms. The van der Waals surface area contributed by atoms with E-state index in [1.54, 1.807) is 36.8 Å². The maximum Gasteiger partial charge on any atom is 0.184 e. The zero-order chi connectivity index (χ0) is 27.3. The standard InChI is InChI=1S/C27H21F2N7O2S/c1-14-3-6-30-12-19(14)20-13-32-25-21(22(20)29)24(35-36-25)27-33-23-18(4-7-31-26(23)34-27)16-9-15(10-17(28)11-16)5-8-39(2,37)38/h3-4,6-7,9-13H,5,8H2,1-2H3,(H,31,33,34)(H,32,35,36). The van der Waals surface area contributed by atoms with E-state index in [4.69, 9.17) is 0 Å². The quantitative estimate of drug-likeness (QED) is 0.307. The number of aromatic nitrogens is 7. The van der Waals surface area contributed by atoms with Gasteiger partial charge < -0.3 is 4.98 Å². The van der Waals surface area contributed by atoms with Crippen LogP contribution in [0.25, 0.3) is 56.0 Å². The number of hydrogen-bond acceptors (Lipinski definition) is 7. The molecule has 0 atom stereocenters. The van der Waals surface area contributed by atoms with Crippen LogP contribution in [0.4, 0.5) is 8.78 Å². The highest BCUT2D eigenvalue weighted by Crippen LogP contribution is 2.35. The van der Waals surface area contributed by atoms with E-state index in [0.29, 0.717) is 33.4 Å². The second kappa shape index (κ2) is 9.31. The van der Waals surface area contributed by atoms with E-state index in [-0.39, 0.29) is 40.3 Å². The molecule has 0 aliphatic carbocycles. The molecule has 5 heterocycles. The van der Waals surface area contributed by atoms with E-state index in [1.807, 2.05) is 6.92 Å². The number of rotatable bonds is 6. The van der Waals surface area contributed by atoms with Gasteiger partial charge in [0.1, 0.15) is 27.2 Å². The van der Waals surface area contributed by atoms with Crippen LogP contribution < -0.4 is 0 Å². The number of benzene rings is 1. The molecule has 0 saturated carbocycles. The number of aryl methyl sites for hydroxylation is 2.